The molecule has 0 atom stereocenters. The molecule has 0 fully saturated rings. The van der Waals surface area contributed by atoms with Crippen LogP contribution >= 0.6 is 0 Å². The number of carbonyl (C=O) groups excluding carboxylic acids is 1. The number of carbonyl (C=O) groups is 1. The minimum absolute atomic E-state index is 0.153. The monoisotopic (exact) mass is 424 g/mol. The Morgan fingerprint density at radius 1 is 1.07 bits per heavy atom. The number of amides is 1. The fourth-order valence-electron chi connectivity index (χ4n) is 2.63. The van der Waals surface area contributed by atoms with Gasteiger partial charge in [-0.15, -0.1) is 0 Å². The summed E-state index contributed by atoms with van der Waals surface area (Å²) in [5.74, 6) is -0.124. The summed E-state index contributed by atoms with van der Waals surface area (Å²) in [6.07, 6.45) is 0.924. The molecule has 29 heavy (non-hydrogen) atoms. The van der Waals surface area contributed by atoms with E-state index in [1.54, 1.807) is 18.2 Å². The van der Waals surface area contributed by atoms with Gasteiger partial charge >= 0.3 is 0 Å². The fraction of sp³-hybridized carbons (Fsp3) is 0.350. The lowest BCUT2D eigenvalue weighted by molar-refractivity contribution is -0.119. The van der Waals surface area contributed by atoms with Crippen LogP contribution in [0, 0.1) is 5.82 Å². The topological polar surface area (TPSA) is 84.9 Å². The van der Waals surface area contributed by atoms with Gasteiger partial charge in [-0.3, -0.25) is 9.10 Å². The predicted octanol–water partition coefficient (Wildman–Crippen LogP) is 2.71. The third kappa shape index (κ3) is 6.35. The van der Waals surface area contributed by atoms with Gasteiger partial charge in [0, 0.05) is 6.54 Å². The van der Waals surface area contributed by atoms with Crippen molar-refractivity contribution >= 4 is 21.6 Å². The maximum absolute atomic E-state index is 14.0. The zero-order valence-corrected chi connectivity index (χ0v) is 17.5. The summed E-state index contributed by atoms with van der Waals surface area (Å²) in [6, 6.07) is 10.7. The molecule has 0 saturated heterocycles. The zero-order valence-electron chi connectivity index (χ0n) is 16.6. The van der Waals surface area contributed by atoms with Crippen LogP contribution < -0.4 is 19.1 Å². The Hall–Kier alpha value is -2.81. The number of hydrogen-bond acceptors (Lipinski definition) is 5. The summed E-state index contributed by atoms with van der Waals surface area (Å²) >= 11 is 0. The highest BCUT2D eigenvalue weighted by Gasteiger charge is 2.23. The van der Waals surface area contributed by atoms with Crippen molar-refractivity contribution in [1.29, 1.82) is 0 Å². The van der Waals surface area contributed by atoms with E-state index in [-0.39, 0.29) is 12.2 Å². The second kappa shape index (κ2) is 10.1. The molecule has 0 unspecified atom stereocenters. The van der Waals surface area contributed by atoms with Gasteiger partial charge in [0.2, 0.25) is 15.9 Å². The van der Waals surface area contributed by atoms with E-state index in [1.807, 2.05) is 13.8 Å². The van der Waals surface area contributed by atoms with Gasteiger partial charge in [0.25, 0.3) is 0 Å². The Bertz CT molecular complexity index is 950. The summed E-state index contributed by atoms with van der Waals surface area (Å²) in [5.41, 5.74) is 0.576. The average molecular weight is 424 g/mol. The van der Waals surface area contributed by atoms with Crippen molar-refractivity contribution in [2.45, 2.75) is 20.4 Å². The van der Waals surface area contributed by atoms with E-state index < -0.39 is 28.3 Å². The number of benzene rings is 2. The molecule has 0 radical (unpaired) electrons. The molecule has 158 valence electrons. The third-order valence-electron chi connectivity index (χ3n) is 3.91. The third-order valence-corrected chi connectivity index (χ3v) is 5.03. The Kier molecular flexibility index (Phi) is 7.83. The summed E-state index contributed by atoms with van der Waals surface area (Å²) in [7, 11) is -3.85. The molecule has 0 bridgehead atoms. The minimum atomic E-state index is -3.85. The molecule has 1 amide bonds. The van der Waals surface area contributed by atoms with E-state index in [0.29, 0.717) is 24.7 Å². The van der Waals surface area contributed by atoms with E-state index >= 15 is 0 Å². The number of hydrogen-bond donors (Lipinski definition) is 1. The van der Waals surface area contributed by atoms with Gasteiger partial charge in [0.15, 0.2) is 11.5 Å². The van der Waals surface area contributed by atoms with Gasteiger partial charge in [-0.05, 0) is 43.7 Å². The molecule has 2 aromatic rings. The number of nitrogens with one attached hydrogen (secondary N) is 1. The largest absolute Gasteiger partial charge is 0.490 e. The van der Waals surface area contributed by atoms with Crippen LogP contribution in [0.3, 0.4) is 0 Å². The fourth-order valence-corrected chi connectivity index (χ4v) is 3.48. The lowest BCUT2D eigenvalue weighted by Gasteiger charge is -2.22. The standard InChI is InChI=1S/C20H25FN2O5S/c1-4-27-18-11-10-15(12-19(18)28-5-2)13-22-20(24)14-23(29(3,25)26)17-9-7-6-8-16(17)21/h6-12H,4-5,13-14H2,1-3H3,(H,22,24). The number of halogens is 1. The lowest BCUT2D eigenvalue weighted by Crippen LogP contribution is -2.40. The van der Waals surface area contributed by atoms with Crippen LogP contribution in [-0.4, -0.2) is 40.3 Å². The first-order chi connectivity index (χ1) is 13.8. The molecule has 0 spiro atoms. The molecule has 1 N–H and O–H groups in total. The first kappa shape index (κ1) is 22.5. The Labute approximate surface area is 170 Å². The molecule has 9 heteroatoms. The maximum Gasteiger partial charge on any atom is 0.241 e. The molecule has 0 saturated carbocycles. The van der Waals surface area contributed by atoms with E-state index in [0.717, 1.165) is 22.2 Å². The number of rotatable bonds is 10. The molecule has 0 aliphatic carbocycles. The quantitative estimate of drug-likeness (QED) is 0.634. The number of anilines is 1. The van der Waals surface area contributed by atoms with Crippen molar-refractivity contribution in [3.8, 4) is 11.5 Å². The summed E-state index contributed by atoms with van der Waals surface area (Å²) in [6.45, 7) is 4.30. The van der Waals surface area contributed by atoms with E-state index in [9.17, 15) is 17.6 Å². The van der Waals surface area contributed by atoms with Crippen LogP contribution in [0.1, 0.15) is 19.4 Å². The highest BCUT2D eigenvalue weighted by Crippen LogP contribution is 2.28. The lowest BCUT2D eigenvalue weighted by atomic mass is 10.2. The van der Waals surface area contributed by atoms with E-state index in [1.165, 1.54) is 18.2 Å². The molecule has 7 nitrogen and oxygen atoms in total. The van der Waals surface area contributed by atoms with Crippen molar-refractivity contribution in [3.05, 3.63) is 53.8 Å². The number of ether oxygens (including phenoxy) is 2. The molecule has 0 aliphatic heterocycles. The first-order valence-corrected chi connectivity index (χ1v) is 11.0. The van der Waals surface area contributed by atoms with Crippen LogP contribution in [-0.2, 0) is 21.4 Å². The first-order valence-electron chi connectivity index (χ1n) is 9.13. The SMILES string of the molecule is CCOc1ccc(CNC(=O)CN(c2ccccc2F)S(C)(=O)=O)cc1OCC. The molecule has 0 aliphatic rings. The van der Waals surface area contributed by atoms with Gasteiger partial charge in [-0.1, -0.05) is 18.2 Å². The van der Waals surface area contributed by atoms with Crippen molar-refractivity contribution in [2.24, 2.45) is 0 Å². The van der Waals surface area contributed by atoms with Gasteiger partial charge in [0.05, 0.1) is 25.2 Å². The van der Waals surface area contributed by atoms with Gasteiger partial charge < -0.3 is 14.8 Å². The molecule has 2 aromatic carbocycles. The van der Waals surface area contributed by atoms with Crippen molar-refractivity contribution in [1.82, 2.24) is 5.32 Å². The summed E-state index contributed by atoms with van der Waals surface area (Å²) < 4.78 is 49.9. The molecular weight excluding hydrogens is 399 g/mol. The van der Waals surface area contributed by atoms with Crippen LogP contribution in [0.15, 0.2) is 42.5 Å². The van der Waals surface area contributed by atoms with Crippen LogP contribution in [0.2, 0.25) is 0 Å². The predicted molar refractivity (Wildman–Crippen MR) is 109 cm³/mol. The maximum atomic E-state index is 14.0. The number of nitrogens with zero attached hydrogens (tertiary/aromatic N) is 1. The number of sulfonamides is 1. The van der Waals surface area contributed by atoms with Gasteiger partial charge in [0.1, 0.15) is 12.4 Å². The Balaban J connectivity index is 2.10. The van der Waals surface area contributed by atoms with Crippen molar-refractivity contribution in [2.75, 3.05) is 30.3 Å². The van der Waals surface area contributed by atoms with Crippen molar-refractivity contribution < 1.29 is 27.1 Å². The van der Waals surface area contributed by atoms with Crippen LogP contribution in [0.4, 0.5) is 10.1 Å². The number of para-hydroxylation sites is 1. The van der Waals surface area contributed by atoms with Crippen LogP contribution in [0.25, 0.3) is 0 Å². The van der Waals surface area contributed by atoms with Gasteiger partial charge in [-0.25, -0.2) is 12.8 Å². The average Bonchev–Trinajstić information content (AvgIpc) is 2.66. The second-order valence-electron chi connectivity index (χ2n) is 6.14. The highest BCUT2D eigenvalue weighted by atomic mass is 32.2. The summed E-state index contributed by atoms with van der Waals surface area (Å²) in [5, 5.41) is 2.65. The van der Waals surface area contributed by atoms with Crippen LogP contribution in [0.5, 0.6) is 11.5 Å². The van der Waals surface area contributed by atoms with E-state index in [4.69, 9.17) is 9.47 Å². The summed E-state index contributed by atoms with van der Waals surface area (Å²) in [4.78, 5) is 12.3. The van der Waals surface area contributed by atoms with Gasteiger partial charge in [-0.2, -0.15) is 0 Å². The zero-order chi connectivity index (χ0) is 21.4. The molecule has 0 heterocycles. The highest BCUT2D eigenvalue weighted by molar-refractivity contribution is 7.92. The van der Waals surface area contributed by atoms with Crippen molar-refractivity contribution in [3.63, 3.8) is 0 Å². The molecule has 0 aromatic heterocycles. The van der Waals surface area contributed by atoms with E-state index in [2.05, 4.69) is 5.32 Å². The molecular formula is C20H25FN2O5S. The molecule has 2 rings (SSSR count). The Morgan fingerprint density at radius 3 is 2.34 bits per heavy atom. The minimum Gasteiger partial charge on any atom is -0.490 e. The smallest absolute Gasteiger partial charge is 0.241 e. The second-order valence-corrected chi connectivity index (χ2v) is 8.05. The normalized spacial score (nSPS) is 11.0. The Morgan fingerprint density at radius 2 is 1.72 bits per heavy atom.